The van der Waals surface area contributed by atoms with Gasteiger partial charge in [0.05, 0.1) is 10.7 Å². The molecule has 3 nitrogen and oxygen atoms in total. The second-order valence-corrected chi connectivity index (χ2v) is 7.56. The van der Waals surface area contributed by atoms with Crippen LogP contribution in [-0.4, -0.2) is 43.7 Å². The molecule has 130 valence electrons. The van der Waals surface area contributed by atoms with Crippen LogP contribution in [0.4, 0.5) is 5.69 Å². The monoisotopic (exact) mass is 337 g/mol. The molecule has 1 fully saturated rings. The SMILES string of the molecule is Cc1cccc(N2CCN(CCC(C)CCC(C)N)CC2)c1Cl. The van der Waals surface area contributed by atoms with Gasteiger partial charge in [0.15, 0.2) is 0 Å². The quantitative estimate of drug-likeness (QED) is 0.818. The molecule has 2 N–H and O–H groups in total. The molecule has 2 rings (SSSR count). The van der Waals surface area contributed by atoms with E-state index >= 15 is 0 Å². The van der Waals surface area contributed by atoms with Crippen LogP contribution in [0.3, 0.4) is 0 Å². The molecule has 0 bridgehead atoms. The highest BCUT2D eigenvalue weighted by molar-refractivity contribution is 6.34. The molecule has 0 aliphatic carbocycles. The lowest BCUT2D eigenvalue weighted by molar-refractivity contribution is 0.237. The van der Waals surface area contributed by atoms with Gasteiger partial charge in [-0.15, -0.1) is 0 Å². The summed E-state index contributed by atoms with van der Waals surface area (Å²) in [5.41, 5.74) is 8.20. The van der Waals surface area contributed by atoms with Crippen LogP contribution in [0.5, 0.6) is 0 Å². The highest BCUT2D eigenvalue weighted by atomic mass is 35.5. The molecule has 0 amide bonds. The number of rotatable bonds is 7. The van der Waals surface area contributed by atoms with Gasteiger partial charge in [0.25, 0.3) is 0 Å². The average Bonchev–Trinajstić information content (AvgIpc) is 2.54. The van der Waals surface area contributed by atoms with E-state index in [0.29, 0.717) is 6.04 Å². The van der Waals surface area contributed by atoms with Crippen LogP contribution in [0.1, 0.15) is 38.7 Å². The molecule has 0 saturated carbocycles. The first kappa shape index (κ1) is 18.6. The Bertz CT molecular complexity index is 482. The zero-order valence-corrected chi connectivity index (χ0v) is 15.6. The van der Waals surface area contributed by atoms with Gasteiger partial charge in [0.1, 0.15) is 0 Å². The maximum absolute atomic E-state index is 6.46. The normalized spacial score (nSPS) is 18.9. The van der Waals surface area contributed by atoms with Gasteiger partial charge in [-0.3, -0.25) is 4.90 Å². The van der Waals surface area contributed by atoms with Crippen molar-refractivity contribution in [1.82, 2.24) is 4.90 Å². The molecule has 0 radical (unpaired) electrons. The molecule has 2 atom stereocenters. The van der Waals surface area contributed by atoms with E-state index in [9.17, 15) is 0 Å². The van der Waals surface area contributed by atoms with Crippen LogP contribution >= 0.6 is 11.6 Å². The smallest absolute Gasteiger partial charge is 0.0668 e. The van der Waals surface area contributed by atoms with Gasteiger partial charge in [-0.2, -0.15) is 0 Å². The Morgan fingerprint density at radius 1 is 1.09 bits per heavy atom. The van der Waals surface area contributed by atoms with Crippen molar-refractivity contribution in [2.45, 2.75) is 46.1 Å². The van der Waals surface area contributed by atoms with Crippen LogP contribution in [-0.2, 0) is 0 Å². The van der Waals surface area contributed by atoms with Crippen molar-refractivity contribution in [2.75, 3.05) is 37.6 Å². The fourth-order valence-electron chi connectivity index (χ4n) is 3.18. The van der Waals surface area contributed by atoms with Gasteiger partial charge in [-0.25, -0.2) is 0 Å². The summed E-state index contributed by atoms with van der Waals surface area (Å²) in [7, 11) is 0. The van der Waals surface area contributed by atoms with E-state index in [1.165, 1.54) is 25.1 Å². The first-order valence-electron chi connectivity index (χ1n) is 8.95. The minimum Gasteiger partial charge on any atom is -0.368 e. The van der Waals surface area contributed by atoms with Crippen molar-refractivity contribution in [3.8, 4) is 0 Å². The fourth-order valence-corrected chi connectivity index (χ4v) is 3.43. The summed E-state index contributed by atoms with van der Waals surface area (Å²) in [6.45, 7) is 12.1. The Balaban J connectivity index is 1.75. The van der Waals surface area contributed by atoms with Crippen molar-refractivity contribution < 1.29 is 0 Å². The lowest BCUT2D eigenvalue weighted by Crippen LogP contribution is -2.47. The number of benzene rings is 1. The minimum absolute atomic E-state index is 0.333. The maximum Gasteiger partial charge on any atom is 0.0668 e. The summed E-state index contributed by atoms with van der Waals surface area (Å²) in [4.78, 5) is 5.01. The van der Waals surface area contributed by atoms with Gasteiger partial charge < -0.3 is 10.6 Å². The summed E-state index contributed by atoms with van der Waals surface area (Å²) < 4.78 is 0. The lowest BCUT2D eigenvalue weighted by atomic mass is 9.99. The first-order chi connectivity index (χ1) is 11.0. The Morgan fingerprint density at radius 2 is 1.78 bits per heavy atom. The zero-order chi connectivity index (χ0) is 16.8. The molecule has 1 aliphatic heterocycles. The average molecular weight is 338 g/mol. The molecule has 1 aliphatic rings. The van der Waals surface area contributed by atoms with Crippen molar-refractivity contribution in [3.05, 3.63) is 28.8 Å². The number of aryl methyl sites for hydroxylation is 1. The van der Waals surface area contributed by atoms with E-state index in [4.69, 9.17) is 17.3 Å². The van der Waals surface area contributed by atoms with Gasteiger partial charge in [-0.1, -0.05) is 30.7 Å². The Hall–Kier alpha value is -0.770. The molecular formula is C19H32ClN3. The third kappa shape index (κ3) is 5.66. The second-order valence-electron chi connectivity index (χ2n) is 7.19. The third-order valence-corrected chi connectivity index (χ3v) is 5.43. The van der Waals surface area contributed by atoms with Crippen LogP contribution in [0.15, 0.2) is 18.2 Å². The highest BCUT2D eigenvalue weighted by Gasteiger charge is 2.19. The Labute approximate surface area is 146 Å². The predicted octanol–water partition coefficient (Wildman–Crippen LogP) is 3.92. The summed E-state index contributed by atoms with van der Waals surface area (Å²) in [6, 6.07) is 6.65. The number of nitrogens with zero attached hydrogens (tertiary/aromatic N) is 2. The van der Waals surface area contributed by atoms with E-state index in [1.54, 1.807) is 0 Å². The number of halogens is 1. The fraction of sp³-hybridized carbons (Fsp3) is 0.684. The second kappa shape index (κ2) is 8.91. The molecule has 4 heteroatoms. The highest BCUT2D eigenvalue weighted by Crippen LogP contribution is 2.29. The molecule has 1 heterocycles. The molecule has 0 spiro atoms. The van der Waals surface area contributed by atoms with E-state index in [1.807, 2.05) is 0 Å². The topological polar surface area (TPSA) is 32.5 Å². The molecule has 0 aromatic heterocycles. The number of hydrogen-bond acceptors (Lipinski definition) is 3. The van der Waals surface area contributed by atoms with Crippen molar-refractivity contribution in [2.24, 2.45) is 11.7 Å². The van der Waals surface area contributed by atoms with Gasteiger partial charge in [-0.05, 0) is 57.2 Å². The Kier molecular flexibility index (Phi) is 7.19. The lowest BCUT2D eigenvalue weighted by Gasteiger charge is -2.37. The number of piperazine rings is 1. The van der Waals surface area contributed by atoms with Gasteiger partial charge in [0.2, 0.25) is 0 Å². The Morgan fingerprint density at radius 3 is 2.43 bits per heavy atom. The predicted molar refractivity (Wildman–Crippen MR) is 102 cm³/mol. The largest absolute Gasteiger partial charge is 0.368 e. The summed E-state index contributed by atoms with van der Waals surface area (Å²) in [6.07, 6.45) is 3.66. The summed E-state index contributed by atoms with van der Waals surface area (Å²) in [5.74, 6) is 0.769. The summed E-state index contributed by atoms with van der Waals surface area (Å²) >= 11 is 6.46. The standard InChI is InChI=1S/C19H32ClN3/c1-15(7-8-17(3)21)9-10-22-11-13-23(14-12-22)18-6-4-5-16(2)19(18)20/h4-6,15,17H,7-14,21H2,1-3H3. The third-order valence-electron chi connectivity index (χ3n) is 4.94. The van der Waals surface area contributed by atoms with Crippen molar-refractivity contribution in [1.29, 1.82) is 0 Å². The van der Waals surface area contributed by atoms with Crippen LogP contribution in [0.2, 0.25) is 5.02 Å². The van der Waals surface area contributed by atoms with Gasteiger partial charge >= 0.3 is 0 Å². The minimum atomic E-state index is 0.333. The van der Waals surface area contributed by atoms with E-state index < -0.39 is 0 Å². The molecule has 2 unspecified atom stereocenters. The molecule has 1 saturated heterocycles. The summed E-state index contributed by atoms with van der Waals surface area (Å²) in [5, 5.41) is 0.908. The van der Waals surface area contributed by atoms with E-state index in [-0.39, 0.29) is 0 Å². The maximum atomic E-state index is 6.46. The van der Waals surface area contributed by atoms with E-state index in [2.05, 4.69) is 48.8 Å². The van der Waals surface area contributed by atoms with Crippen LogP contribution in [0, 0.1) is 12.8 Å². The molecule has 1 aromatic rings. The number of anilines is 1. The molecule has 1 aromatic carbocycles. The van der Waals surface area contributed by atoms with Gasteiger partial charge in [0, 0.05) is 32.2 Å². The number of nitrogens with two attached hydrogens (primary N) is 1. The molecule has 23 heavy (non-hydrogen) atoms. The van der Waals surface area contributed by atoms with Crippen LogP contribution in [0.25, 0.3) is 0 Å². The van der Waals surface area contributed by atoms with E-state index in [0.717, 1.165) is 49.1 Å². The first-order valence-corrected chi connectivity index (χ1v) is 9.33. The number of hydrogen-bond donors (Lipinski definition) is 1. The van der Waals surface area contributed by atoms with Crippen molar-refractivity contribution in [3.63, 3.8) is 0 Å². The zero-order valence-electron chi connectivity index (χ0n) is 14.9. The molecular weight excluding hydrogens is 306 g/mol. The van der Waals surface area contributed by atoms with Crippen molar-refractivity contribution >= 4 is 17.3 Å². The van der Waals surface area contributed by atoms with Crippen LogP contribution < -0.4 is 10.6 Å².